The SMILES string of the molecule is CCCCCCC/C=C\C/C=C\C/C=C\CCCCCCCCCCCCCCCCC(=O)OC(COC(=O)CCCCCCCCCCCCCCCCCCCCCCCCCCCCCCC)COP(=O)([O-])OCC[N+](C)(C)C. The number of phosphoric ester groups is 1. The lowest BCUT2D eigenvalue weighted by Crippen LogP contribution is -2.37. The first-order valence-electron chi connectivity index (χ1n) is 35.7. The van der Waals surface area contributed by atoms with Gasteiger partial charge in [0.2, 0.25) is 0 Å². The molecule has 0 N–H and O–H groups in total. The molecular formula is C72H138NO8P. The summed E-state index contributed by atoms with van der Waals surface area (Å²) in [5.74, 6) is -0.813. The predicted octanol–water partition coefficient (Wildman–Crippen LogP) is 22.4. The van der Waals surface area contributed by atoms with Crippen LogP contribution in [0.2, 0.25) is 0 Å². The van der Waals surface area contributed by atoms with Crippen molar-refractivity contribution in [2.75, 3.05) is 47.5 Å². The molecule has 9 nitrogen and oxygen atoms in total. The monoisotopic (exact) mass is 1180 g/mol. The number of esters is 2. The smallest absolute Gasteiger partial charge is 0.306 e. The van der Waals surface area contributed by atoms with E-state index >= 15 is 0 Å². The molecule has 0 rings (SSSR count). The largest absolute Gasteiger partial charge is 0.756 e. The molecule has 0 spiro atoms. The molecule has 0 aromatic heterocycles. The highest BCUT2D eigenvalue weighted by molar-refractivity contribution is 7.45. The maximum atomic E-state index is 12.9. The van der Waals surface area contributed by atoms with Crippen molar-refractivity contribution in [2.24, 2.45) is 0 Å². The van der Waals surface area contributed by atoms with Gasteiger partial charge in [0.25, 0.3) is 7.82 Å². The number of hydrogen-bond donors (Lipinski definition) is 0. The van der Waals surface area contributed by atoms with Crippen LogP contribution in [0.5, 0.6) is 0 Å². The van der Waals surface area contributed by atoms with E-state index in [-0.39, 0.29) is 32.0 Å². The van der Waals surface area contributed by atoms with Crippen LogP contribution in [0.25, 0.3) is 0 Å². The number of carbonyl (C=O) groups is 2. The van der Waals surface area contributed by atoms with Gasteiger partial charge in [0.05, 0.1) is 27.7 Å². The Labute approximate surface area is 510 Å². The number of unbranched alkanes of at least 4 members (excludes halogenated alkanes) is 47. The summed E-state index contributed by atoms with van der Waals surface area (Å²) >= 11 is 0. The molecule has 2 atom stereocenters. The van der Waals surface area contributed by atoms with Crippen molar-refractivity contribution in [2.45, 2.75) is 367 Å². The third-order valence-electron chi connectivity index (χ3n) is 16.2. The summed E-state index contributed by atoms with van der Waals surface area (Å²) in [7, 11) is 1.18. The van der Waals surface area contributed by atoms with Gasteiger partial charge in [0.1, 0.15) is 19.8 Å². The maximum Gasteiger partial charge on any atom is 0.306 e. The Bertz CT molecular complexity index is 1480. The number of allylic oxidation sites excluding steroid dienone is 6. The molecule has 0 bridgehead atoms. The van der Waals surface area contributed by atoms with Crippen molar-refractivity contribution in [3.63, 3.8) is 0 Å². The summed E-state index contributed by atoms with van der Waals surface area (Å²) in [6.07, 6.45) is 80.9. The summed E-state index contributed by atoms with van der Waals surface area (Å²) in [6.45, 7) is 4.30. The van der Waals surface area contributed by atoms with E-state index in [1.54, 1.807) is 0 Å². The van der Waals surface area contributed by atoms with Crippen LogP contribution in [0.4, 0.5) is 0 Å². The van der Waals surface area contributed by atoms with Crippen molar-refractivity contribution in [3.05, 3.63) is 36.5 Å². The summed E-state index contributed by atoms with van der Waals surface area (Å²) < 4.78 is 34.3. The molecule has 0 amide bonds. The Hall–Kier alpha value is -1.77. The van der Waals surface area contributed by atoms with Gasteiger partial charge >= 0.3 is 11.9 Å². The van der Waals surface area contributed by atoms with Crippen LogP contribution < -0.4 is 4.89 Å². The minimum Gasteiger partial charge on any atom is -0.756 e. The van der Waals surface area contributed by atoms with Crippen molar-refractivity contribution >= 4 is 19.8 Å². The average molecular weight is 1180 g/mol. The Kier molecular flexibility index (Phi) is 62.3. The van der Waals surface area contributed by atoms with E-state index in [0.29, 0.717) is 17.4 Å². The summed E-state index contributed by atoms with van der Waals surface area (Å²) in [5.41, 5.74) is 0. The Morgan fingerprint density at radius 1 is 0.378 bits per heavy atom. The standard InChI is InChI=1S/C72H138NO8P/c1-6-8-10-12-14-16-18-20-22-24-26-28-30-32-34-36-38-40-42-44-46-48-50-52-54-56-58-60-62-64-71(74)78-68-70(69-80-82(76,77)79-67-66-73(3,4)5)81-72(75)65-63-61-59-57-55-53-51-49-47-45-43-41-39-37-35-33-31-29-27-25-23-21-19-17-15-13-11-9-7-2/h19,21,25,27,31,33,70H,6-18,20,22-24,26,28-30,32,34-69H2,1-5H3/b21-19-,27-25-,33-31-. The summed E-state index contributed by atoms with van der Waals surface area (Å²) in [4.78, 5) is 38.1. The minimum atomic E-state index is -4.64. The average Bonchev–Trinajstić information content (AvgIpc) is 3.45. The van der Waals surface area contributed by atoms with Crippen LogP contribution in [0.1, 0.15) is 361 Å². The number of carbonyl (C=O) groups excluding carboxylic acids is 2. The van der Waals surface area contributed by atoms with E-state index in [1.807, 2.05) is 21.1 Å². The van der Waals surface area contributed by atoms with E-state index in [0.717, 1.165) is 51.4 Å². The van der Waals surface area contributed by atoms with Gasteiger partial charge in [-0.2, -0.15) is 0 Å². The molecule has 10 heteroatoms. The van der Waals surface area contributed by atoms with Crippen LogP contribution in [0.15, 0.2) is 36.5 Å². The van der Waals surface area contributed by atoms with Gasteiger partial charge in [-0.25, -0.2) is 0 Å². The lowest BCUT2D eigenvalue weighted by Gasteiger charge is -2.28. The topological polar surface area (TPSA) is 111 Å². The Morgan fingerprint density at radius 3 is 0.976 bits per heavy atom. The minimum absolute atomic E-state index is 0.0285. The zero-order chi connectivity index (χ0) is 59.8. The number of ether oxygens (including phenoxy) is 2. The molecular weight excluding hydrogens is 1040 g/mol. The van der Waals surface area contributed by atoms with E-state index in [9.17, 15) is 19.0 Å². The van der Waals surface area contributed by atoms with E-state index in [4.69, 9.17) is 18.5 Å². The van der Waals surface area contributed by atoms with Gasteiger partial charge in [0, 0.05) is 12.8 Å². The lowest BCUT2D eigenvalue weighted by atomic mass is 10.0. The fourth-order valence-corrected chi connectivity index (χ4v) is 11.4. The van der Waals surface area contributed by atoms with Crippen LogP contribution >= 0.6 is 7.82 Å². The number of phosphoric acid groups is 1. The van der Waals surface area contributed by atoms with Gasteiger partial charge < -0.3 is 27.9 Å². The van der Waals surface area contributed by atoms with Crippen molar-refractivity contribution < 1.29 is 42.1 Å². The first-order chi connectivity index (χ1) is 40.0. The fourth-order valence-electron chi connectivity index (χ4n) is 10.7. The molecule has 2 unspecified atom stereocenters. The molecule has 82 heavy (non-hydrogen) atoms. The molecule has 0 aliphatic heterocycles. The normalized spacial score (nSPS) is 13.3. The highest BCUT2D eigenvalue weighted by Gasteiger charge is 2.22. The molecule has 0 fully saturated rings. The van der Waals surface area contributed by atoms with Gasteiger partial charge in [-0.05, 0) is 51.4 Å². The summed E-state index contributed by atoms with van der Waals surface area (Å²) in [5, 5.41) is 0. The lowest BCUT2D eigenvalue weighted by molar-refractivity contribution is -0.870. The van der Waals surface area contributed by atoms with Gasteiger partial charge in [-0.3, -0.25) is 14.2 Å². The fraction of sp³-hybridized carbons (Fsp3) is 0.889. The number of quaternary nitrogens is 1. The maximum absolute atomic E-state index is 12.9. The first kappa shape index (κ1) is 80.2. The van der Waals surface area contributed by atoms with Crippen LogP contribution in [0.3, 0.4) is 0 Å². The van der Waals surface area contributed by atoms with Crippen molar-refractivity contribution in [3.8, 4) is 0 Å². The molecule has 484 valence electrons. The van der Waals surface area contributed by atoms with Gasteiger partial charge in [0.15, 0.2) is 6.10 Å². The molecule has 0 saturated heterocycles. The molecule has 0 aromatic rings. The quantitative estimate of drug-likeness (QED) is 0.0195. The number of rotatable bonds is 67. The second kappa shape index (κ2) is 63.7. The Morgan fingerprint density at radius 2 is 0.659 bits per heavy atom. The number of hydrogen-bond acceptors (Lipinski definition) is 8. The third kappa shape index (κ3) is 67.4. The number of likely N-dealkylation sites (N-methyl/N-ethyl adjacent to an activating group) is 1. The van der Waals surface area contributed by atoms with Crippen molar-refractivity contribution in [1.29, 1.82) is 0 Å². The van der Waals surface area contributed by atoms with E-state index < -0.39 is 26.5 Å². The molecule has 0 saturated carbocycles. The van der Waals surface area contributed by atoms with E-state index in [1.165, 1.54) is 276 Å². The highest BCUT2D eigenvalue weighted by Crippen LogP contribution is 2.38. The first-order valence-corrected chi connectivity index (χ1v) is 37.2. The molecule has 0 aliphatic carbocycles. The molecule has 0 aliphatic rings. The Balaban J connectivity index is 4.00. The van der Waals surface area contributed by atoms with Crippen LogP contribution in [-0.4, -0.2) is 70.0 Å². The predicted molar refractivity (Wildman–Crippen MR) is 351 cm³/mol. The van der Waals surface area contributed by atoms with Crippen LogP contribution in [-0.2, 0) is 32.7 Å². The highest BCUT2D eigenvalue weighted by atomic mass is 31.2. The second-order valence-electron chi connectivity index (χ2n) is 25.6. The van der Waals surface area contributed by atoms with Crippen molar-refractivity contribution in [1.82, 2.24) is 0 Å². The van der Waals surface area contributed by atoms with E-state index in [2.05, 4.69) is 50.3 Å². The van der Waals surface area contributed by atoms with Crippen LogP contribution in [0, 0.1) is 0 Å². The summed E-state index contributed by atoms with van der Waals surface area (Å²) in [6, 6.07) is 0. The second-order valence-corrected chi connectivity index (χ2v) is 27.0. The zero-order valence-electron chi connectivity index (χ0n) is 55.2. The van der Waals surface area contributed by atoms with Gasteiger partial charge in [-0.15, -0.1) is 0 Å². The molecule has 0 radical (unpaired) electrons. The third-order valence-corrected chi connectivity index (χ3v) is 17.1. The molecule has 0 heterocycles. The van der Waals surface area contributed by atoms with Gasteiger partial charge in [-0.1, -0.05) is 333 Å². The number of nitrogens with zero attached hydrogens (tertiary/aromatic N) is 1. The zero-order valence-corrected chi connectivity index (χ0v) is 56.1. The molecule has 0 aromatic carbocycles.